The fourth-order valence-corrected chi connectivity index (χ4v) is 5.26. The van der Waals surface area contributed by atoms with E-state index in [1.165, 1.54) is 16.8 Å². The topological polar surface area (TPSA) is 67.8 Å². The predicted molar refractivity (Wildman–Crippen MR) is 127 cm³/mol. The van der Waals surface area contributed by atoms with Crippen molar-refractivity contribution in [1.82, 2.24) is 5.32 Å². The minimum Gasteiger partial charge on any atom is -0.459 e. The Morgan fingerprint density at radius 3 is 2.76 bits per heavy atom. The molecule has 4 rings (SSSR count). The minimum absolute atomic E-state index is 0.0382. The van der Waals surface area contributed by atoms with Crippen LogP contribution in [-0.2, 0) is 20.8 Å². The average molecular weight is 470 g/mol. The van der Waals surface area contributed by atoms with Crippen molar-refractivity contribution in [3.05, 3.63) is 82.7 Å². The van der Waals surface area contributed by atoms with Gasteiger partial charge in [0.2, 0.25) is 6.29 Å². The van der Waals surface area contributed by atoms with Crippen molar-refractivity contribution in [3.63, 3.8) is 0 Å². The quantitative estimate of drug-likeness (QED) is 0.457. The first-order valence-corrected chi connectivity index (χ1v) is 12.1. The SMILES string of the molecule is CCO[C@H]1OC(C(=O)NCc2ccc(F)cc2)=C[C@@H](c2csc3ccccc23)[C@@H]1CCCO. The summed E-state index contributed by atoms with van der Waals surface area (Å²) in [5.41, 5.74) is 1.93. The predicted octanol–water partition coefficient (Wildman–Crippen LogP) is 5.11. The number of amides is 1. The summed E-state index contributed by atoms with van der Waals surface area (Å²) in [5.74, 6) is -0.568. The van der Waals surface area contributed by atoms with E-state index in [9.17, 15) is 14.3 Å². The van der Waals surface area contributed by atoms with Crippen molar-refractivity contribution in [2.24, 2.45) is 5.92 Å². The number of hydrogen-bond donors (Lipinski definition) is 2. The summed E-state index contributed by atoms with van der Waals surface area (Å²) in [6.07, 6.45) is 2.61. The van der Waals surface area contributed by atoms with Crippen LogP contribution in [0.3, 0.4) is 0 Å². The highest BCUT2D eigenvalue weighted by Crippen LogP contribution is 2.43. The van der Waals surface area contributed by atoms with Gasteiger partial charge < -0.3 is 19.9 Å². The van der Waals surface area contributed by atoms with Crippen LogP contribution in [0, 0.1) is 11.7 Å². The highest BCUT2D eigenvalue weighted by Gasteiger charge is 2.38. The number of fused-ring (bicyclic) bond motifs is 1. The molecule has 0 saturated carbocycles. The van der Waals surface area contributed by atoms with E-state index >= 15 is 0 Å². The van der Waals surface area contributed by atoms with E-state index in [1.807, 2.05) is 25.1 Å². The van der Waals surface area contributed by atoms with Crippen LogP contribution in [0.15, 0.2) is 65.7 Å². The molecule has 1 amide bonds. The van der Waals surface area contributed by atoms with Gasteiger partial charge in [0.05, 0.1) is 0 Å². The van der Waals surface area contributed by atoms with Gasteiger partial charge in [0.15, 0.2) is 5.76 Å². The Morgan fingerprint density at radius 1 is 1.21 bits per heavy atom. The highest BCUT2D eigenvalue weighted by molar-refractivity contribution is 7.17. The van der Waals surface area contributed by atoms with Gasteiger partial charge in [-0.3, -0.25) is 4.79 Å². The van der Waals surface area contributed by atoms with E-state index < -0.39 is 6.29 Å². The zero-order chi connectivity index (χ0) is 23.2. The Morgan fingerprint density at radius 2 is 2.00 bits per heavy atom. The summed E-state index contributed by atoms with van der Waals surface area (Å²) >= 11 is 1.67. The third kappa shape index (κ3) is 5.43. The van der Waals surface area contributed by atoms with Gasteiger partial charge in [-0.1, -0.05) is 30.3 Å². The zero-order valence-electron chi connectivity index (χ0n) is 18.5. The highest BCUT2D eigenvalue weighted by atomic mass is 32.1. The number of benzene rings is 2. The maximum absolute atomic E-state index is 13.2. The zero-order valence-corrected chi connectivity index (χ0v) is 19.3. The molecule has 2 N–H and O–H groups in total. The van der Waals surface area contributed by atoms with Gasteiger partial charge in [0, 0.05) is 36.3 Å². The number of hydrogen-bond acceptors (Lipinski definition) is 5. The molecule has 1 aromatic heterocycles. The molecular formula is C26H28FNO4S. The van der Waals surface area contributed by atoms with Gasteiger partial charge in [-0.05, 0) is 65.9 Å². The maximum Gasteiger partial charge on any atom is 0.286 e. The van der Waals surface area contributed by atoms with E-state index in [4.69, 9.17) is 9.47 Å². The first kappa shape index (κ1) is 23.4. The standard InChI is InChI=1S/C26H28FNO4S/c1-2-31-26-20(7-5-13-29)21(22-16-33-24-8-4-3-6-19(22)24)14-23(32-26)25(30)28-15-17-9-11-18(27)12-10-17/h3-4,6,8-12,14,16,20-21,26,29H,2,5,7,13,15H2,1H3,(H,28,30)/t20-,21+,26-/m0/s1. The van der Waals surface area contributed by atoms with Crippen molar-refractivity contribution >= 4 is 27.3 Å². The largest absolute Gasteiger partial charge is 0.459 e. The van der Waals surface area contributed by atoms with Crippen LogP contribution in [0.4, 0.5) is 4.39 Å². The second-order valence-electron chi connectivity index (χ2n) is 8.02. The van der Waals surface area contributed by atoms with Crippen molar-refractivity contribution in [2.45, 2.75) is 38.5 Å². The van der Waals surface area contributed by atoms with Crippen molar-refractivity contribution in [2.75, 3.05) is 13.2 Å². The van der Waals surface area contributed by atoms with Gasteiger partial charge in [-0.25, -0.2) is 4.39 Å². The lowest BCUT2D eigenvalue weighted by Crippen LogP contribution is -2.38. The molecule has 174 valence electrons. The van der Waals surface area contributed by atoms with Crippen molar-refractivity contribution in [3.8, 4) is 0 Å². The van der Waals surface area contributed by atoms with E-state index in [0.29, 0.717) is 19.4 Å². The van der Waals surface area contributed by atoms with Gasteiger partial charge >= 0.3 is 0 Å². The Kier molecular flexibility index (Phi) is 7.75. The van der Waals surface area contributed by atoms with Crippen LogP contribution in [0.25, 0.3) is 10.1 Å². The normalized spacial score (nSPS) is 20.3. The van der Waals surface area contributed by atoms with Gasteiger partial charge in [-0.15, -0.1) is 11.3 Å². The fraction of sp³-hybridized carbons (Fsp3) is 0.346. The molecule has 0 saturated heterocycles. The number of thiophene rings is 1. The number of halogens is 1. The van der Waals surface area contributed by atoms with Crippen molar-refractivity contribution in [1.29, 1.82) is 0 Å². The van der Waals surface area contributed by atoms with Crippen LogP contribution in [0.2, 0.25) is 0 Å². The molecule has 0 fully saturated rings. The van der Waals surface area contributed by atoms with E-state index in [0.717, 1.165) is 16.5 Å². The Hall–Kier alpha value is -2.74. The molecule has 0 bridgehead atoms. The van der Waals surface area contributed by atoms with Crippen LogP contribution in [0.5, 0.6) is 0 Å². The van der Waals surface area contributed by atoms with Crippen molar-refractivity contribution < 1.29 is 23.8 Å². The lowest BCUT2D eigenvalue weighted by Gasteiger charge is -2.36. The smallest absolute Gasteiger partial charge is 0.286 e. The number of nitrogens with one attached hydrogen (secondary N) is 1. The second kappa shape index (κ2) is 10.9. The summed E-state index contributed by atoms with van der Waals surface area (Å²) in [5, 5.41) is 15.6. The number of aliphatic hydroxyl groups is 1. The Balaban J connectivity index is 1.64. The average Bonchev–Trinajstić information content (AvgIpc) is 3.26. The van der Waals surface area contributed by atoms with E-state index in [-0.39, 0.29) is 42.5 Å². The first-order chi connectivity index (χ1) is 16.1. The number of carbonyl (C=O) groups is 1. The molecular weight excluding hydrogens is 441 g/mol. The molecule has 0 radical (unpaired) electrons. The second-order valence-corrected chi connectivity index (χ2v) is 8.94. The number of aliphatic hydroxyl groups excluding tert-OH is 1. The first-order valence-electron chi connectivity index (χ1n) is 11.2. The number of allylic oxidation sites excluding steroid dienone is 1. The summed E-state index contributed by atoms with van der Waals surface area (Å²) in [7, 11) is 0. The monoisotopic (exact) mass is 469 g/mol. The molecule has 3 aromatic rings. The summed E-state index contributed by atoms with van der Waals surface area (Å²) in [6.45, 7) is 2.69. The summed E-state index contributed by atoms with van der Waals surface area (Å²) in [4.78, 5) is 13.0. The molecule has 3 atom stereocenters. The molecule has 5 nitrogen and oxygen atoms in total. The molecule has 1 aliphatic rings. The number of ether oxygens (including phenoxy) is 2. The van der Waals surface area contributed by atoms with E-state index in [2.05, 4.69) is 22.8 Å². The van der Waals surface area contributed by atoms with Gasteiger partial charge in [0.1, 0.15) is 5.82 Å². The lowest BCUT2D eigenvalue weighted by molar-refractivity contribution is -0.166. The molecule has 2 heterocycles. The molecule has 0 aliphatic carbocycles. The Bertz CT molecular complexity index is 1110. The molecule has 0 unspecified atom stereocenters. The third-order valence-electron chi connectivity index (χ3n) is 5.87. The molecule has 0 spiro atoms. The van der Waals surface area contributed by atoms with Gasteiger partial charge in [0.25, 0.3) is 5.91 Å². The maximum atomic E-state index is 13.2. The van der Waals surface area contributed by atoms with Crippen LogP contribution in [-0.4, -0.2) is 30.5 Å². The third-order valence-corrected chi connectivity index (χ3v) is 6.85. The van der Waals surface area contributed by atoms with Crippen LogP contribution < -0.4 is 5.32 Å². The number of carbonyl (C=O) groups excluding carboxylic acids is 1. The molecule has 2 aromatic carbocycles. The summed E-state index contributed by atoms with van der Waals surface area (Å²) < 4.78 is 26.3. The lowest BCUT2D eigenvalue weighted by atomic mass is 9.80. The molecule has 1 aliphatic heterocycles. The van der Waals surface area contributed by atoms with E-state index in [1.54, 1.807) is 23.5 Å². The molecule has 7 heteroatoms. The fourth-order valence-electron chi connectivity index (χ4n) is 4.25. The minimum atomic E-state index is -0.596. The summed E-state index contributed by atoms with van der Waals surface area (Å²) in [6, 6.07) is 14.2. The van der Waals surface area contributed by atoms with Crippen LogP contribution >= 0.6 is 11.3 Å². The Labute approximate surface area is 196 Å². The number of rotatable bonds is 9. The van der Waals surface area contributed by atoms with Gasteiger partial charge in [-0.2, -0.15) is 0 Å². The molecule has 33 heavy (non-hydrogen) atoms. The van der Waals surface area contributed by atoms with Crippen LogP contribution in [0.1, 0.15) is 36.8 Å².